The van der Waals surface area contributed by atoms with Gasteiger partial charge in [0.2, 0.25) is 5.91 Å². The van der Waals surface area contributed by atoms with Gasteiger partial charge in [-0.2, -0.15) is 0 Å². The molecule has 0 bridgehead atoms. The standard InChI is InChI=1S/C20H20FN3OS/c1-14-9-15(2)11-18(10-14)23-19(25)13-26-20-22-7-8-24(20)12-16-3-5-17(21)6-4-16/h3-11H,12-13H2,1-2H3,(H,23,25). The third-order valence-electron chi connectivity index (χ3n) is 3.78. The first kappa shape index (κ1) is 18.2. The second-order valence-corrected chi connectivity index (χ2v) is 7.12. The number of thioether (sulfide) groups is 1. The monoisotopic (exact) mass is 369 g/mol. The van der Waals surface area contributed by atoms with Crippen molar-refractivity contribution >= 4 is 23.4 Å². The van der Waals surface area contributed by atoms with Gasteiger partial charge >= 0.3 is 0 Å². The molecule has 0 radical (unpaired) electrons. The van der Waals surface area contributed by atoms with E-state index < -0.39 is 0 Å². The predicted octanol–water partition coefficient (Wildman–Crippen LogP) is 4.42. The Kier molecular flexibility index (Phi) is 5.73. The van der Waals surface area contributed by atoms with Crippen molar-refractivity contribution in [2.75, 3.05) is 11.1 Å². The number of aromatic nitrogens is 2. The molecule has 3 rings (SSSR count). The van der Waals surface area contributed by atoms with E-state index in [-0.39, 0.29) is 17.5 Å². The van der Waals surface area contributed by atoms with Crippen molar-refractivity contribution in [1.82, 2.24) is 9.55 Å². The maximum atomic E-state index is 13.0. The molecule has 134 valence electrons. The van der Waals surface area contributed by atoms with Gasteiger partial charge < -0.3 is 9.88 Å². The third-order valence-corrected chi connectivity index (χ3v) is 4.79. The number of hydrogen-bond acceptors (Lipinski definition) is 3. The van der Waals surface area contributed by atoms with Crippen LogP contribution in [0.4, 0.5) is 10.1 Å². The lowest BCUT2D eigenvalue weighted by atomic mass is 10.1. The van der Waals surface area contributed by atoms with Crippen LogP contribution in [0.5, 0.6) is 0 Å². The molecule has 0 atom stereocenters. The van der Waals surface area contributed by atoms with Crippen molar-refractivity contribution in [2.24, 2.45) is 0 Å². The van der Waals surface area contributed by atoms with Crippen LogP contribution in [0.3, 0.4) is 0 Å². The van der Waals surface area contributed by atoms with Gasteiger partial charge in [0.15, 0.2) is 5.16 Å². The number of hydrogen-bond donors (Lipinski definition) is 1. The van der Waals surface area contributed by atoms with Crippen molar-refractivity contribution in [2.45, 2.75) is 25.5 Å². The van der Waals surface area contributed by atoms with E-state index in [0.29, 0.717) is 6.54 Å². The van der Waals surface area contributed by atoms with E-state index in [0.717, 1.165) is 27.5 Å². The number of anilines is 1. The largest absolute Gasteiger partial charge is 0.325 e. The minimum absolute atomic E-state index is 0.0728. The number of carbonyl (C=O) groups is 1. The van der Waals surface area contributed by atoms with E-state index >= 15 is 0 Å². The number of nitrogens with zero attached hydrogens (tertiary/aromatic N) is 2. The van der Waals surface area contributed by atoms with Crippen LogP contribution in [0, 0.1) is 19.7 Å². The fraction of sp³-hybridized carbons (Fsp3) is 0.200. The first-order valence-corrected chi connectivity index (χ1v) is 9.25. The van der Waals surface area contributed by atoms with E-state index in [1.807, 2.05) is 36.7 Å². The van der Waals surface area contributed by atoms with Crippen molar-refractivity contribution in [3.8, 4) is 0 Å². The molecule has 1 aromatic heterocycles. The number of nitrogens with one attached hydrogen (secondary N) is 1. The highest BCUT2D eigenvalue weighted by atomic mass is 32.2. The van der Waals surface area contributed by atoms with Crippen LogP contribution in [-0.4, -0.2) is 21.2 Å². The summed E-state index contributed by atoms with van der Waals surface area (Å²) in [4.78, 5) is 16.5. The zero-order valence-electron chi connectivity index (χ0n) is 14.7. The molecule has 0 saturated heterocycles. The highest BCUT2D eigenvalue weighted by molar-refractivity contribution is 7.99. The average Bonchev–Trinajstić information content (AvgIpc) is 3.01. The number of carbonyl (C=O) groups excluding carboxylic acids is 1. The van der Waals surface area contributed by atoms with Gasteiger partial charge in [-0.15, -0.1) is 0 Å². The predicted molar refractivity (Wildman–Crippen MR) is 103 cm³/mol. The van der Waals surface area contributed by atoms with Crippen LogP contribution in [-0.2, 0) is 11.3 Å². The number of aryl methyl sites for hydroxylation is 2. The van der Waals surface area contributed by atoms with Crippen LogP contribution in [0.1, 0.15) is 16.7 Å². The molecule has 0 spiro atoms. The molecule has 6 heteroatoms. The zero-order valence-corrected chi connectivity index (χ0v) is 15.5. The Balaban J connectivity index is 1.59. The van der Waals surface area contributed by atoms with E-state index in [1.54, 1.807) is 18.3 Å². The van der Waals surface area contributed by atoms with Crippen LogP contribution < -0.4 is 5.32 Å². The second-order valence-electron chi connectivity index (χ2n) is 6.18. The topological polar surface area (TPSA) is 46.9 Å². The van der Waals surface area contributed by atoms with Crippen LogP contribution in [0.25, 0.3) is 0 Å². The Labute approximate surface area is 156 Å². The molecule has 2 aromatic carbocycles. The molecule has 1 heterocycles. The lowest BCUT2D eigenvalue weighted by molar-refractivity contribution is -0.113. The smallest absolute Gasteiger partial charge is 0.234 e. The zero-order chi connectivity index (χ0) is 18.5. The highest BCUT2D eigenvalue weighted by Gasteiger charge is 2.09. The average molecular weight is 369 g/mol. The summed E-state index contributed by atoms with van der Waals surface area (Å²) in [5.41, 5.74) is 4.01. The van der Waals surface area contributed by atoms with Gasteiger partial charge in [0.05, 0.1) is 5.75 Å². The summed E-state index contributed by atoms with van der Waals surface area (Å²) in [5.74, 6) is -0.0543. The fourth-order valence-corrected chi connectivity index (χ4v) is 3.48. The number of benzene rings is 2. The Morgan fingerprint density at radius 2 is 1.85 bits per heavy atom. The molecule has 1 N–H and O–H groups in total. The Morgan fingerprint density at radius 3 is 2.54 bits per heavy atom. The number of halogens is 1. The normalized spacial score (nSPS) is 10.7. The Morgan fingerprint density at radius 1 is 1.15 bits per heavy atom. The van der Waals surface area contributed by atoms with Crippen LogP contribution in [0.15, 0.2) is 60.0 Å². The minimum Gasteiger partial charge on any atom is -0.325 e. The van der Waals surface area contributed by atoms with Gasteiger partial charge in [-0.3, -0.25) is 4.79 Å². The number of imidazole rings is 1. The molecular weight excluding hydrogens is 349 g/mol. The van der Waals surface area contributed by atoms with Gasteiger partial charge in [-0.25, -0.2) is 9.37 Å². The minimum atomic E-state index is -0.253. The van der Waals surface area contributed by atoms with Gasteiger partial charge in [0, 0.05) is 24.6 Å². The van der Waals surface area contributed by atoms with E-state index in [4.69, 9.17) is 0 Å². The maximum Gasteiger partial charge on any atom is 0.234 e. The molecule has 0 saturated carbocycles. The van der Waals surface area contributed by atoms with Crippen molar-refractivity contribution in [1.29, 1.82) is 0 Å². The van der Waals surface area contributed by atoms with Crippen molar-refractivity contribution in [3.05, 3.63) is 77.4 Å². The lowest BCUT2D eigenvalue weighted by Crippen LogP contribution is -2.15. The quantitative estimate of drug-likeness (QED) is 0.655. The van der Waals surface area contributed by atoms with Gasteiger partial charge in [-0.1, -0.05) is 30.0 Å². The summed E-state index contributed by atoms with van der Waals surface area (Å²) in [7, 11) is 0. The van der Waals surface area contributed by atoms with Gasteiger partial charge in [0.25, 0.3) is 0 Å². The Hall–Kier alpha value is -2.60. The summed E-state index contributed by atoms with van der Waals surface area (Å²) in [6, 6.07) is 12.3. The molecular formula is C20H20FN3OS. The summed E-state index contributed by atoms with van der Waals surface area (Å²) >= 11 is 1.38. The number of rotatable bonds is 6. The first-order valence-electron chi connectivity index (χ1n) is 8.26. The van der Waals surface area contributed by atoms with E-state index in [9.17, 15) is 9.18 Å². The molecule has 0 fully saturated rings. The maximum absolute atomic E-state index is 13.0. The van der Waals surface area contributed by atoms with Gasteiger partial charge in [-0.05, 0) is 54.8 Å². The number of amides is 1. The molecule has 3 aromatic rings. The molecule has 0 aliphatic rings. The van der Waals surface area contributed by atoms with E-state index in [1.165, 1.54) is 23.9 Å². The summed E-state index contributed by atoms with van der Waals surface area (Å²) < 4.78 is 15.0. The first-order chi connectivity index (χ1) is 12.5. The SMILES string of the molecule is Cc1cc(C)cc(NC(=O)CSc2nccn2Cc2ccc(F)cc2)c1. The van der Waals surface area contributed by atoms with E-state index in [2.05, 4.69) is 16.4 Å². The molecule has 26 heavy (non-hydrogen) atoms. The highest BCUT2D eigenvalue weighted by Crippen LogP contribution is 2.19. The van der Waals surface area contributed by atoms with Crippen molar-refractivity contribution in [3.63, 3.8) is 0 Å². The lowest BCUT2D eigenvalue weighted by Gasteiger charge is -2.09. The summed E-state index contributed by atoms with van der Waals surface area (Å²) in [6.45, 7) is 4.59. The molecule has 0 unspecified atom stereocenters. The Bertz CT molecular complexity index is 885. The third kappa shape index (κ3) is 4.95. The summed E-state index contributed by atoms with van der Waals surface area (Å²) in [6.07, 6.45) is 3.56. The van der Waals surface area contributed by atoms with Crippen LogP contribution in [0.2, 0.25) is 0 Å². The molecule has 4 nitrogen and oxygen atoms in total. The second kappa shape index (κ2) is 8.19. The molecule has 0 aliphatic carbocycles. The van der Waals surface area contributed by atoms with Crippen molar-refractivity contribution < 1.29 is 9.18 Å². The van der Waals surface area contributed by atoms with Gasteiger partial charge in [0.1, 0.15) is 5.82 Å². The summed E-state index contributed by atoms with van der Waals surface area (Å²) in [5, 5.41) is 3.68. The fourth-order valence-electron chi connectivity index (χ4n) is 2.72. The molecule has 1 amide bonds. The van der Waals surface area contributed by atoms with Crippen LogP contribution >= 0.6 is 11.8 Å². The molecule has 0 aliphatic heterocycles.